The second-order valence-corrected chi connectivity index (χ2v) is 8.50. The predicted octanol–water partition coefficient (Wildman–Crippen LogP) is 5.72. The molecule has 1 aliphatic rings. The topological polar surface area (TPSA) is 66.9 Å². The van der Waals surface area contributed by atoms with Gasteiger partial charge in [-0.05, 0) is 58.6 Å². The zero-order valence-electron chi connectivity index (χ0n) is 15.9. The van der Waals surface area contributed by atoms with Gasteiger partial charge in [0.2, 0.25) is 0 Å². The van der Waals surface area contributed by atoms with Crippen LogP contribution >= 0.6 is 27.5 Å². The molecule has 1 aliphatic carbocycles. The number of hydrogen-bond donors (Lipinski definition) is 2. The number of amides is 1. The molecule has 0 saturated heterocycles. The molecular weight excluding hydrogens is 452 g/mol. The molecule has 1 saturated carbocycles. The van der Waals surface area contributed by atoms with E-state index in [2.05, 4.69) is 36.5 Å². The van der Waals surface area contributed by atoms with Gasteiger partial charge in [0.15, 0.2) is 5.69 Å². The van der Waals surface area contributed by atoms with Crippen molar-refractivity contribution in [3.05, 3.63) is 63.5 Å². The number of fused-ring (bicyclic) bond motifs is 1. The van der Waals surface area contributed by atoms with Gasteiger partial charge in [0.1, 0.15) is 4.60 Å². The van der Waals surface area contributed by atoms with Gasteiger partial charge < -0.3 is 10.6 Å². The van der Waals surface area contributed by atoms with Crippen LogP contribution in [0.5, 0.6) is 0 Å². The van der Waals surface area contributed by atoms with Gasteiger partial charge in [-0.25, -0.2) is 4.98 Å². The molecule has 7 heteroatoms. The highest BCUT2D eigenvalue weighted by molar-refractivity contribution is 9.10. The molecule has 2 heterocycles. The number of carbonyl (C=O) groups excluding carboxylic acids is 1. The predicted molar refractivity (Wildman–Crippen MR) is 120 cm³/mol. The molecule has 1 aromatic carbocycles. The average Bonchev–Trinajstić information content (AvgIpc) is 2.76. The number of hydrogen-bond acceptors (Lipinski definition) is 4. The Balaban J connectivity index is 1.65. The van der Waals surface area contributed by atoms with Crippen molar-refractivity contribution >= 4 is 50.0 Å². The smallest absolute Gasteiger partial charge is 0.272 e. The number of pyridine rings is 2. The lowest BCUT2D eigenvalue weighted by Gasteiger charge is -2.25. The van der Waals surface area contributed by atoms with Gasteiger partial charge in [0, 0.05) is 29.2 Å². The summed E-state index contributed by atoms with van der Waals surface area (Å²) in [7, 11) is 0. The monoisotopic (exact) mass is 472 g/mol. The molecule has 29 heavy (non-hydrogen) atoms. The minimum absolute atomic E-state index is 0.230. The number of nitrogens with zero attached hydrogens (tertiary/aromatic N) is 2. The fraction of sp³-hybridized carbons (Fsp3) is 0.318. The molecule has 0 bridgehead atoms. The van der Waals surface area contributed by atoms with Crippen molar-refractivity contribution in [1.82, 2.24) is 15.3 Å². The molecule has 2 aromatic heterocycles. The Morgan fingerprint density at radius 1 is 1.14 bits per heavy atom. The fourth-order valence-electron chi connectivity index (χ4n) is 3.72. The second-order valence-electron chi connectivity index (χ2n) is 7.31. The number of rotatable bonds is 5. The molecule has 4 rings (SSSR count). The van der Waals surface area contributed by atoms with Crippen molar-refractivity contribution in [3.8, 4) is 0 Å². The summed E-state index contributed by atoms with van der Waals surface area (Å²) in [6.07, 6.45) is 7.60. The Morgan fingerprint density at radius 3 is 2.66 bits per heavy atom. The standard InChI is InChI=1S/C22H22BrClN4O/c23-21-17-7-4-12-25-18(17)19(27-16-5-2-1-3-6-16)20(28-21)22(29)26-13-14-8-10-15(24)11-9-14/h4,7-12,16,27H,1-3,5-6,13H2,(H,26,29). The van der Waals surface area contributed by atoms with Gasteiger partial charge in [-0.2, -0.15) is 0 Å². The van der Waals surface area contributed by atoms with Gasteiger partial charge in [-0.1, -0.05) is 43.0 Å². The Hall–Kier alpha value is -2.18. The van der Waals surface area contributed by atoms with Crippen LogP contribution < -0.4 is 10.6 Å². The summed E-state index contributed by atoms with van der Waals surface area (Å²) in [5, 5.41) is 8.11. The molecule has 2 N–H and O–H groups in total. The zero-order chi connectivity index (χ0) is 20.2. The maximum absolute atomic E-state index is 13.1. The third-order valence-corrected chi connectivity index (χ3v) is 6.11. The summed E-state index contributed by atoms with van der Waals surface area (Å²) in [5.74, 6) is -0.230. The van der Waals surface area contributed by atoms with E-state index in [9.17, 15) is 4.79 Å². The van der Waals surface area contributed by atoms with Gasteiger partial charge in [0.25, 0.3) is 5.91 Å². The van der Waals surface area contributed by atoms with Crippen LogP contribution in [0.15, 0.2) is 47.2 Å². The van der Waals surface area contributed by atoms with Crippen LogP contribution in [0.4, 0.5) is 5.69 Å². The summed E-state index contributed by atoms with van der Waals surface area (Å²) in [6, 6.07) is 11.6. The minimum Gasteiger partial charge on any atom is -0.379 e. The Labute approximate surface area is 183 Å². The molecule has 0 aliphatic heterocycles. The summed E-state index contributed by atoms with van der Waals surface area (Å²) >= 11 is 9.44. The van der Waals surface area contributed by atoms with Gasteiger partial charge in [-0.3, -0.25) is 9.78 Å². The third-order valence-electron chi connectivity index (χ3n) is 5.25. The summed E-state index contributed by atoms with van der Waals surface area (Å²) < 4.78 is 0.617. The van der Waals surface area contributed by atoms with E-state index >= 15 is 0 Å². The van der Waals surface area contributed by atoms with Crippen LogP contribution in [-0.2, 0) is 6.54 Å². The third kappa shape index (κ3) is 4.70. The summed E-state index contributed by atoms with van der Waals surface area (Å²) in [5.41, 5.74) is 2.81. The fourth-order valence-corrected chi connectivity index (χ4v) is 4.34. The minimum atomic E-state index is -0.230. The molecule has 0 spiro atoms. The molecule has 0 unspecified atom stereocenters. The molecular formula is C22H22BrClN4O. The number of anilines is 1. The SMILES string of the molecule is O=C(NCc1ccc(Cl)cc1)c1nc(Br)c2cccnc2c1NC1CCCCC1. The van der Waals surface area contributed by atoms with Crippen LogP contribution in [0.2, 0.25) is 5.02 Å². The van der Waals surface area contributed by atoms with E-state index in [-0.39, 0.29) is 5.91 Å². The van der Waals surface area contributed by atoms with Crippen LogP contribution in [0.1, 0.15) is 48.2 Å². The van der Waals surface area contributed by atoms with Crippen LogP contribution in [0.25, 0.3) is 10.9 Å². The molecule has 1 fully saturated rings. The first-order valence-electron chi connectivity index (χ1n) is 9.85. The first-order chi connectivity index (χ1) is 14.1. The van der Waals surface area contributed by atoms with Crippen LogP contribution in [0.3, 0.4) is 0 Å². The lowest BCUT2D eigenvalue weighted by Crippen LogP contribution is -2.28. The van der Waals surface area contributed by atoms with E-state index in [1.807, 2.05) is 36.4 Å². The van der Waals surface area contributed by atoms with E-state index in [0.29, 0.717) is 33.6 Å². The molecule has 0 radical (unpaired) electrons. The second kappa shape index (κ2) is 9.09. The Kier molecular flexibility index (Phi) is 6.31. The molecule has 3 aromatic rings. The van der Waals surface area contributed by atoms with Crippen molar-refractivity contribution in [2.45, 2.75) is 44.7 Å². The highest BCUT2D eigenvalue weighted by Gasteiger charge is 2.23. The van der Waals surface area contributed by atoms with Crippen molar-refractivity contribution in [2.24, 2.45) is 0 Å². The lowest BCUT2D eigenvalue weighted by molar-refractivity contribution is 0.0946. The lowest BCUT2D eigenvalue weighted by atomic mass is 9.95. The van der Waals surface area contributed by atoms with E-state index in [4.69, 9.17) is 11.6 Å². The maximum atomic E-state index is 13.1. The Morgan fingerprint density at radius 2 is 1.90 bits per heavy atom. The number of halogens is 2. The van der Waals surface area contributed by atoms with E-state index in [0.717, 1.165) is 29.3 Å². The quantitative estimate of drug-likeness (QED) is 0.465. The zero-order valence-corrected chi connectivity index (χ0v) is 18.3. The summed E-state index contributed by atoms with van der Waals surface area (Å²) in [4.78, 5) is 22.2. The van der Waals surface area contributed by atoms with Gasteiger partial charge in [-0.15, -0.1) is 0 Å². The first-order valence-corrected chi connectivity index (χ1v) is 11.0. The average molecular weight is 474 g/mol. The van der Waals surface area contributed by atoms with Crippen molar-refractivity contribution in [2.75, 3.05) is 5.32 Å². The number of nitrogens with one attached hydrogen (secondary N) is 2. The number of carbonyl (C=O) groups is 1. The van der Waals surface area contributed by atoms with E-state index < -0.39 is 0 Å². The van der Waals surface area contributed by atoms with Crippen molar-refractivity contribution in [1.29, 1.82) is 0 Å². The van der Waals surface area contributed by atoms with E-state index in [1.54, 1.807) is 6.20 Å². The molecule has 1 amide bonds. The highest BCUT2D eigenvalue weighted by Crippen LogP contribution is 2.32. The highest BCUT2D eigenvalue weighted by atomic mass is 79.9. The Bertz CT molecular complexity index is 1020. The molecule has 150 valence electrons. The molecule has 5 nitrogen and oxygen atoms in total. The van der Waals surface area contributed by atoms with E-state index in [1.165, 1.54) is 19.3 Å². The van der Waals surface area contributed by atoms with Crippen molar-refractivity contribution in [3.63, 3.8) is 0 Å². The largest absolute Gasteiger partial charge is 0.379 e. The van der Waals surface area contributed by atoms with Crippen molar-refractivity contribution < 1.29 is 4.79 Å². The van der Waals surface area contributed by atoms with Crippen LogP contribution in [0, 0.1) is 0 Å². The maximum Gasteiger partial charge on any atom is 0.272 e. The number of aromatic nitrogens is 2. The summed E-state index contributed by atoms with van der Waals surface area (Å²) in [6.45, 7) is 0.401. The first kappa shape index (κ1) is 20.1. The normalized spacial score (nSPS) is 14.7. The van der Waals surface area contributed by atoms with Crippen LogP contribution in [-0.4, -0.2) is 21.9 Å². The van der Waals surface area contributed by atoms with Gasteiger partial charge >= 0.3 is 0 Å². The number of benzene rings is 1. The molecule has 0 atom stereocenters. The van der Waals surface area contributed by atoms with Gasteiger partial charge in [0.05, 0.1) is 11.2 Å².